The molecule has 0 spiro atoms. The largest absolute Gasteiger partial charge is 0.458 e. The minimum atomic E-state index is -0.746. The van der Waals surface area contributed by atoms with Gasteiger partial charge in [0.05, 0.1) is 0 Å². The second kappa shape index (κ2) is 7.61. The van der Waals surface area contributed by atoms with Gasteiger partial charge in [0, 0.05) is 32.0 Å². The number of hydrogen-bond acceptors (Lipinski definition) is 6. The summed E-state index contributed by atoms with van der Waals surface area (Å²) >= 11 is 3.34. The zero-order chi connectivity index (χ0) is 15.3. The molecule has 0 aliphatic heterocycles. The third kappa shape index (κ3) is 4.77. The van der Waals surface area contributed by atoms with Crippen LogP contribution in [-0.4, -0.2) is 41.5 Å². The SMILES string of the molecule is CC(=O)O[C@@H]1[C@@H](CCBr)C[C@H](OC(C)=O)[C@H]1OC(C)=O. The first kappa shape index (κ1) is 16.9. The molecule has 1 rings (SSSR count). The minimum Gasteiger partial charge on any atom is -0.458 e. The van der Waals surface area contributed by atoms with Crippen LogP contribution in [0.5, 0.6) is 0 Å². The van der Waals surface area contributed by atoms with Gasteiger partial charge in [0.2, 0.25) is 0 Å². The number of esters is 3. The summed E-state index contributed by atoms with van der Waals surface area (Å²) in [5, 5.41) is 0.717. The zero-order valence-corrected chi connectivity index (χ0v) is 13.3. The number of rotatable bonds is 5. The van der Waals surface area contributed by atoms with Crippen LogP contribution in [0.25, 0.3) is 0 Å². The first-order valence-corrected chi connectivity index (χ1v) is 7.55. The standard InChI is InChI=1S/C13H19BrO6/c1-7(15)18-11-6-10(4-5-14)12(19-8(2)16)13(11)20-9(3)17/h10-13H,4-6H2,1-3H3/t10-,11-,12+,13+/m0/s1. The summed E-state index contributed by atoms with van der Waals surface area (Å²) in [4.78, 5) is 33.6. The van der Waals surface area contributed by atoms with Gasteiger partial charge in [0.15, 0.2) is 6.10 Å². The van der Waals surface area contributed by atoms with E-state index in [9.17, 15) is 14.4 Å². The Kier molecular flexibility index (Phi) is 6.45. The van der Waals surface area contributed by atoms with Crippen molar-refractivity contribution in [2.45, 2.75) is 51.9 Å². The van der Waals surface area contributed by atoms with Gasteiger partial charge in [-0.3, -0.25) is 14.4 Å². The smallest absolute Gasteiger partial charge is 0.303 e. The Morgan fingerprint density at radius 2 is 1.45 bits per heavy atom. The van der Waals surface area contributed by atoms with Crippen molar-refractivity contribution in [1.29, 1.82) is 0 Å². The molecule has 0 bridgehead atoms. The monoisotopic (exact) mass is 350 g/mol. The average molecular weight is 351 g/mol. The molecule has 6 nitrogen and oxygen atoms in total. The zero-order valence-electron chi connectivity index (χ0n) is 11.8. The van der Waals surface area contributed by atoms with E-state index in [1.807, 2.05) is 0 Å². The topological polar surface area (TPSA) is 78.9 Å². The molecule has 114 valence electrons. The van der Waals surface area contributed by atoms with Gasteiger partial charge in [-0.25, -0.2) is 0 Å². The summed E-state index contributed by atoms with van der Waals surface area (Å²) in [7, 11) is 0. The molecule has 0 unspecified atom stereocenters. The first-order chi connectivity index (χ1) is 9.35. The third-order valence-electron chi connectivity index (χ3n) is 3.09. The molecule has 1 fully saturated rings. The Labute approximate surface area is 126 Å². The third-order valence-corrected chi connectivity index (χ3v) is 3.55. The van der Waals surface area contributed by atoms with Gasteiger partial charge in [0.25, 0.3) is 0 Å². The summed E-state index contributed by atoms with van der Waals surface area (Å²) in [6.07, 6.45) is -0.679. The predicted octanol–water partition coefficient (Wildman–Crippen LogP) is 1.59. The lowest BCUT2D eigenvalue weighted by atomic mass is 10.0. The summed E-state index contributed by atoms with van der Waals surface area (Å²) < 4.78 is 15.7. The molecule has 0 amide bonds. The van der Waals surface area contributed by atoms with E-state index in [0.717, 1.165) is 11.8 Å². The van der Waals surface area contributed by atoms with Crippen LogP contribution < -0.4 is 0 Å². The summed E-state index contributed by atoms with van der Waals surface area (Å²) in [6.45, 7) is 3.87. The van der Waals surface area contributed by atoms with E-state index in [1.54, 1.807) is 0 Å². The van der Waals surface area contributed by atoms with E-state index in [1.165, 1.54) is 20.8 Å². The van der Waals surface area contributed by atoms with E-state index in [4.69, 9.17) is 14.2 Å². The van der Waals surface area contributed by atoms with E-state index < -0.39 is 36.2 Å². The number of carbonyl (C=O) groups excluding carboxylic acids is 3. The highest BCUT2D eigenvalue weighted by Crippen LogP contribution is 2.36. The summed E-state index contributed by atoms with van der Waals surface area (Å²) in [5.41, 5.74) is 0. The van der Waals surface area contributed by atoms with Crippen molar-refractivity contribution in [3.8, 4) is 0 Å². The van der Waals surface area contributed by atoms with Crippen molar-refractivity contribution in [3.05, 3.63) is 0 Å². The molecule has 0 aromatic heterocycles. The lowest BCUT2D eigenvalue weighted by molar-refractivity contribution is -0.175. The predicted molar refractivity (Wildman–Crippen MR) is 73.2 cm³/mol. The van der Waals surface area contributed by atoms with Crippen LogP contribution in [0.2, 0.25) is 0 Å². The Hall–Kier alpha value is -1.11. The maximum Gasteiger partial charge on any atom is 0.303 e. The highest BCUT2D eigenvalue weighted by atomic mass is 79.9. The van der Waals surface area contributed by atoms with Gasteiger partial charge < -0.3 is 14.2 Å². The van der Waals surface area contributed by atoms with Gasteiger partial charge in [-0.05, 0) is 12.8 Å². The van der Waals surface area contributed by atoms with Crippen molar-refractivity contribution in [1.82, 2.24) is 0 Å². The normalized spacial score (nSPS) is 28.8. The number of hydrogen-bond donors (Lipinski definition) is 0. The maximum absolute atomic E-state index is 11.2. The Morgan fingerprint density at radius 3 is 1.90 bits per heavy atom. The van der Waals surface area contributed by atoms with Crippen LogP contribution in [0, 0.1) is 5.92 Å². The molecule has 7 heteroatoms. The molecule has 0 saturated heterocycles. The average Bonchev–Trinajstić information content (AvgIpc) is 2.57. The molecule has 20 heavy (non-hydrogen) atoms. The van der Waals surface area contributed by atoms with Crippen molar-refractivity contribution in [2.75, 3.05) is 5.33 Å². The van der Waals surface area contributed by atoms with E-state index in [-0.39, 0.29) is 5.92 Å². The highest BCUT2D eigenvalue weighted by Gasteiger charge is 2.49. The van der Waals surface area contributed by atoms with Crippen LogP contribution >= 0.6 is 15.9 Å². The van der Waals surface area contributed by atoms with Crippen LogP contribution in [-0.2, 0) is 28.6 Å². The number of carbonyl (C=O) groups is 3. The molecule has 0 N–H and O–H groups in total. The number of halogens is 1. The van der Waals surface area contributed by atoms with Crippen molar-refractivity contribution in [2.24, 2.45) is 5.92 Å². The fourth-order valence-corrected chi connectivity index (χ4v) is 3.07. The van der Waals surface area contributed by atoms with E-state index in [2.05, 4.69) is 15.9 Å². The van der Waals surface area contributed by atoms with Gasteiger partial charge in [-0.1, -0.05) is 15.9 Å². The first-order valence-electron chi connectivity index (χ1n) is 6.42. The van der Waals surface area contributed by atoms with Gasteiger partial charge >= 0.3 is 17.9 Å². The van der Waals surface area contributed by atoms with Crippen LogP contribution in [0.1, 0.15) is 33.6 Å². The molecule has 0 aromatic rings. The van der Waals surface area contributed by atoms with Crippen molar-refractivity contribution < 1.29 is 28.6 Å². The van der Waals surface area contributed by atoms with Crippen LogP contribution in [0.4, 0.5) is 0 Å². The fourth-order valence-electron chi connectivity index (χ4n) is 2.49. The van der Waals surface area contributed by atoms with E-state index in [0.29, 0.717) is 6.42 Å². The van der Waals surface area contributed by atoms with Gasteiger partial charge in [0.1, 0.15) is 12.2 Å². The van der Waals surface area contributed by atoms with Crippen molar-refractivity contribution >= 4 is 33.8 Å². The molecule has 0 heterocycles. The van der Waals surface area contributed by atoms with Crippen LogP contribution in [0.3, 0.4) is 0 Å². The Balaban J connectivity index is 2.92. The lowest BCUT2D eigenvalue weighted by Gasteiger charge is -2.25. The number of alkyl halides is 1. The van der Waals surface area contributed by atoms with Crippen molar-refractivity contribution in [3.63, 3.8) is 0 Å². The fraction of sp³-hybridized carbons (Fsp3) is 0.769. The minimum absolute atomic E-state index is 0.0213. The van der Waals surface area contributed by atoms with Gasteiger partial charge in [-0.2, -0.15) is 0 Å². The second-order valence-electron chi connectivity index (χ2n) is 4.77. The molecule has 0 radical (unpaired) electrons. The number of ether oxygens (including phenoxy) is 3. The molecule has 1 aliphatic rings. The molecular weight excluding hydrogens is 332 g/mol. The molecule has 1 aliphatic carbocycles. The summed E-state index contributed by atoms with van der Waals surface area (Å²) in [6, 6.07) is 0. The molecular formula is C13H19BrO6. The van der Waals surface area contributed by atoms with Crippen LogP contribution in [0.15, 0.2) is 0 Å². The Morgan fingerprint density at radius 1 is 0.950 bits per heavy atom. The quantitative estimate of drug-likeness (QED) is 0.425. The molecule has 4 atom stereocenters. The maximum atomic E-state index is 11.2. The van der Waals surface area contributed by atoms with Gasteiger partial charge in [-0.15, -0.1) is 0 Å². The molecule has 0 aromatic carbocycles. The lowest BCUT2D eigenvalue weighted by Crippen LogP contribution is -2.39. The second-order valence-corrected chi connectivity index (χ2v) is 5.56. The van der Waals surface area contributed by atoms with E-state index >= 15 is 0 Å². The highest BCUT2D eigenvalue weighted by molar-refractivity contribution is 9.09. The molecule has 1 saturated carbocycles. The Bertz CT molecular complexity index is 383. The summed E-state index contributed by atoms with van der Waals surface area (Å²) in [5.74, 6) is -1.42.